The molecule has 166 valence electrons. The second kappa shape index (κ2) is 8.52. The zero-order valence-electron chi connectivity index (χ0n) is 17.0. The number of amides is 2. The fourth-order valence-corrected chi connectivity index (χ4v) is 4.55. The molecule has 0 saturated carbocycles. The van der Waals surface area contributed by atoms with Crippen LogP contribution in [-0.4, -0.2) is 24.0 Å². The number of carbonyl (C=O) groups is 1. The summed E-state index contributed by atoms with van der Waals surface area (Å²) in [6.45, 7) is 1.45. The molecule has 32 heavy (non-hydrogen) atoms. The average molecular weight is 460 g/mol. The number of benzene rings is 1. The number of hydrogen-bond acceptors (Lipinski definition) is 6. The molecule has 0 spiro atoms. The standard InChI is InChI=1S/C21H17F3N5O2S/c1-12-17(11-26)19(16-7-6-13(10-25)8-18(16)32(27)31)28(2)20(30)29(12)15-5-3-4-14(9-15)21(22,23)24/h3-5,8-9,19,27H,6-7H2,1-2H3/q-1. The highest BCUT2D eigenvalue weighted by molar-refractivity contribution is 7.78. The van der Waals surface area contributed by atoms with Crippen LogP contribution in [0.25, 0.3) is 0 Å². The SMILES string of the molecule is CC1=C(C#N)C(C2=C([S-](=N)=O)C=C(C#N)CC2)N(C)C(=O)N1c1cccc(C(F)(F)F)c1. The molecule has 2 aliphatic rings. The van der Waals surface area contributed by atoms with Crippen molar-refractivity contribution in [2.75, 3.05) is 11.9 Å². The van der Waals surface area contributed by atoms with Gasteiger partial charge in [-0.1, -0.05) is 22.6 Å². The van der Waals surface area contributed by atoms with Crippen molar-refractivity contribution in [3.05, 3.63) is 63.2 Å². The topological polar surface area (TPSA) is 112 Å². The minimum atomic E-state index is -4.61. The third-order valence-corrected chi connectivity index (χ3v) is 6.17. The van der Waals surface area contributed by atoms with E-state index in [1.807, 2.05) is 12.1 Å². The lowest BCUT2D eigenvalue weighted by Gasteiger charge is -2.42. The Bertz CT molecular complexity index is 1240. The van der Waals surface area contributed by atoms with E-state index in [-0.39, 0.29) is 28.3 Å². The summed E-state index contributed by atoms with van der Waals surface area (Å²) >= 11 is 0. The Morgan fingerprint density at radius 3 is 2.47 bits per heavy atom. The molecule has 1 aromatic rings. The zero-order chi connectivity index (χ0) is 23.8. The van der Waals surface area contributed by atoms with Crippen molar-refractivity contribution in [1.29, 1.82) is 15.3 Å². The molecule has 1 heterocycles. The number of carbonyl (C=O) groups excluding carboxylic acids is 1. The molecule has 0 saturated heterocycles. The van der Waals surface area contributed by atoms with Gasteiger partial charge in [0.15, 0.2) is 0 Å². The van der Waals surface area contributed by atoms with Crippen LogP contribution in [0.2, 0.25) is 0 Å². The Kier molecular flexibility index (Phi) is 6.15. The number of alkyl halides is 3. The summed E-state index contributed by atoms with van der Waals surface area (Å²) in [4.78, 5) is 15.5. The number of halogens is 3. The minimum absolute atomic E-state index is 0.0468. The van der Waals surface area contributed by atoms with Crippen molar-refractivity contribution in [1.82, 2.24) is 4.90 Å². The number of urea groups is 1. The van der Waals surface area contributed by atoms with Crippen molar-refractivity contribution in [3.63, 3.8) is 0 Å². The van der Waals surface area contributed by atoms with Gasteiger partial charge in [0.2, 0.25) is 0 Å². The van der Waals surface area contributed by atoms with E-state index in [4.69, 9.17) is 10.0 Å². The number of likely N-dealkylation sites (N-methyl/N-ethyl adjacent to an activating group) is 1. The third kappa shape index (κ3) is 3.99. The summed E-state index contributed by atoms with van der Waals surface area (Å²) < 4.78 is 59.2. The molecule has 1 aliphatic heterocycles. The normalized spacial score (nSPS) is 19.8. The van der Waals surface area contributed by atoms with Gasteiger partial charge in [-0.25, -0.2) is 4.79 Å². The van der Waals surface area contributed by atoms with Crippen LogP contribution in [0.4, 0.5) is 23.7 Å². The highest BCUT2D eigenvalue weighted by atomic mass is 32.2. The van der Waals surface area contributed by atoms with Crippen LogP contribution in [-0.2, 0) is 21.0 Å². The van der Waals surface area contributed by atoms with Gasteiger partial charge in [-0.15, -0.1) is 0 Å². The van der Waals surface area contributed by atoms with Gasteiger partial charge in [-0.05, 0) is 38.0 Å². The molecule has 7 nitrogen and oxygen atoms in total. The third-order valence-electron chi connectivity index (χ3n) is 5.39. The van der Waals surface area contributed by atoms with Crippen LogP contribution in [0.3, 0.4) is 0 Å². The number of rotatable bonds is 3. The van der Waals surface area contributed by atoms with Gasteiger partial charge in [-0.2, -0.15) is 34.3 Å². The smallest absolute Gasteiger partial charge is 0.416 e. The molecule has 1 N–H and O–H groups in total. The van der Waals surface area contributed by atoms with E-state index in [1.165, 1.54) is 37.1 Å². The molecule has 0 aromatic heterocycles. The zero-order valence-corrected chi connectivity index (χ0v) is 17.8. The Hall–Kier alpha value is -3.57. The maximum Gasteiger partial charge on any atom is 0.416 e. The van der Waals surface area contributed by atoms with Gasteiger partial charge in [0, 0.05) is 18.3 Å². The lowest BCUT2D eigenvalue weighted by atomic mass is 9.87. The Balaban J connectivity index is 2.21. The highest BCUT2D eigenvalue weighted by Crippen LogP contribution is 2.39. The van der Waals surface area contributed by atoms with Crippen molar-refractivity contribution in [2.45, 2.75) is 32.0 Å². The number of nitrogens with zero attached hydrogens (tertiary/aromatic N) is 4. The van der Waals surface area contributed by atoms with Crippen molar-refractivity contribution in [3.8, 4) is 12.1 Å². The molecule has 1 aromatic carbocycles. The van der Waals surface area contributed by atoms with E-state index in [0.29, 0.717) is 17.6 Å². The minimum Gasteiger partial charge on any atom is -0.440 e. The first-order chi connectivity index (χ1) is 15.0. The Morgan fingerprint density at radius 2 is 1.91 bits per heavy atom. The first kappa shape index (κ1) is 23.1. The summed E-state index contributed by atoms with van der Waals surface area (Å²) in [5.41, 5.74) is -0.0375. The van der Waals surface area contributed by atoms with Gasteiger partial charge in [0.25, 0.3) is 0 Å². The number of anilines is 1. The van der Waals surface area contributed by atoms with Crippen LogP contribution >= 0.6 is 0 Å². The van der Waals surface area contributed by atoms with Crippen molar-refractivity contribution in [2.24, 2.45) is 0 Å². The maximum atomic E-state index is 13.2. The predicted octanol–water partition coefficient (Wildman–Crippen LogP) is 4.97. The van der Waals surface area contributed by atoms with Gasteiger partial charge < -0.3 is 13.9 Å². The van der Waals surface area contributed by atoms with Crippen LogP contribution in [0.5, 0.6) is 0 Å². The van der Waals surface area contributed by atoms with Crippen LogP contribution in [0, 0.1) is 27.4 Å². The van der Waals surface area contributed by atoms with Crippen LogP contribution in [0.1, 0.15) is 25.3 Å². The second-order valence-electron chi connectivity index (χ2n) is 7.23. The number of hydrogen-bond donors (Lipinski definition) is 1. The first-order valence-corrected chi connectivity index (χ1v) is 10.5. The van der Waals surface area contributed by atoms with E-state index in [0.717, 1.165) is 17.0 Å². The Labute approximate surface area is 184 Å². The number of allylic oxidation sites excluding steroid dienone is 3. The monoisotopic (exact) mass is 460 g/mol. The highest BCUT2D eigenvalue weighted by Gasteiger charge is 2.40. The van der Waals surface area contributed by atoms with Gasteiger partial charge in [0.05, 0.1) is 35.0 Å². The van der Waals surface area contributed by atoms with Crippen LogP contribution < -0.4 is 4.90 Å². The average Bonchev–Trinajstić information content (AvgIpc) is 2.75. The number of nitrogens with one attached hydrogen (secondary N) is 1. The summed E-state index contributed by atoms with van der Waals surface area (Å²) in [5.74, 6) is 0. The second-order valence-corrected chi connectivity index (χ2v) is 8.21. The number of nitriles is 2. The van der Waals surface area contributed by atoms with E-state index in [2.05, 4.69) is 0 Å². The Morgan fingerprint density at radius 1 is 1.22 bits per heavy atom. The van der Waals surface area contributed by atoms with Crippen molar-refractivity contribution < 1.29 is 22.2 Å². The molecule has 0 fully saturated rings. The van der Waals surface area contributed by atoms with Gasteiger partial charge in [-0.3, -0.25) is 4.90 Å². The molecular formula is C21H17F3N5O2S-. The molecule has 3 rings (SSSR count). The summed E-state index contributed by atoms with van der Waals surface area (Å²) in [6.07, 6.45) is -2.77. The molecule has 0 bridgehead atoms. The van der Waals surface area contributed by atoms with E-state index < -0.39 is 34.4 Å². The molecule has 1 aliphatic carbocycles. The first-order valence-electron chi connectivity index (χ1n) is 9.33. The molecule has 11 heteroatoms. The fraction of sp³-hybridized carbons (Fsp3) is 0.286. The summed E-state index contributed by atoms with van der Waals surface area (Å²) in [5, 5.41) is 19.0. The predicted molar refractivity (Wildman–Crippen MR) is 110 cm³/mol. The quantitative estimate of drug-likeness (QED) is 0.642. The van der Waals surface area contributed by atoms with Gasteiger partial charge in [0.1, 0.15) is 0 Å². The molecular weight excluding hydrogens is 443 g/mol. The lowest BCUT2D eigenvalue weighted by Crippen LogP contribution is -2.52. The summed E-state index contributed by atoms with van der Waals surface area (Å²) in [6, 6.07) is 6.59. The maximum absolute atomic E-state index is 13.2. The molecule has 1 unspecified atom stereocenters. The fourth-order valence-electron chi connectivity index (χ4n) is 3.85. The van der Waals surface area contributed by atoms with E-state index >= 15 is 0 Å². The van der Waals surface area contributed by atoms with Gasteiger partial charge >= 0.3 is 12.2 Å². The molecule has 1 atom stereocenters. The van der Waals surface area contributed by atoms with E-state index in [9.17, 15) is 27.4 Å². The largest absolute Gasteiger partial charge is 0.440 e. The van der Waals surface area contributed by atoms with Crippen molar-refractivity contribution >= 4 is 22.3 Å². The lowest BCUT2D eigenvalue weighted by molar-refractivity contribution is -0.137. The van der Waals surface area contributed by atoms with E-state index in [1.54, 1.807) is 0 Å². The summed E-state index contributed by atoms with van der Waals surface area (Å²) in [7, 11) is -0.837. The molecule has 0 radical (unpaired) electrons. The molecule has 2 amide bonds. The van der Waals surface area contributed by atoms with Crippen LogP contribution in [0.15, 0.2) is 57.7 Å².